The number of nitrogens with zero attached hydrogens (tertiary/aromatic N) is 7. The number of piperidine rings is 1. The summed E-state index contributed by atoms with van der Waals surface area (Å²) in [5, 5.41) is 23.8. The van der Waals surface area contributed by atoms with E-state index in [1.54, 1.807) is 72.8 Å². The van der Waals surface area contributed by atoms with Gasteiger partial charge < -0.3 is 33.3 Å². The quantitative estimate of drug-likeness (QED) is 0.142. The molecule has 4 aromatic carbocycles. The minimum atomic E-state index is -5.05. The fraction of sp³-hybridized carbons (Fsp3) is 0.341. The number of likely N-dealkylation sites (tertiary alicyclic amines) is 1. The Morgan fingerprint density at radius 3 is 1.87 bits per heavy atom. The topological polar surface area (TPSA) is 225 Å². The molecule has 0 aliphatic carbocycles. The summed E-state index contributed by atoms with van der Waals surface area (Å²) in [6, 6.07) is 23.0. The third-order valence-corrected chi connectivity index (χ3v) is 13.1. The van der Waals surface area contributed by atoms with Crippen molar-refractivity contribution >= 4 is 43.7 Å². The summed E-state index contributed by atoms with van der Waals surface area (Å²) in [6.07, 6.45) is -0.695. The number of amides is 2. The van der Waals surface area contributed by atoms with Crippen LogP contribution in [0.5, 0.6) is 17.2 Å². The van der Waals surface area contributed by atoms with Crippen molar-refractivity contribution in [3.63, 3.8) is 0 Å². The Hall–Kier alpha value is -6.29. The summed E-state index contributed by atoms with van der Waals surface area (Å²) in [6.45, 7) is 0.240. The zero-order chi connectivity index (χ0) is 44.0. The fourth-order valence-corrected chi connectivity index (χ4v) is 9.77. The van der Waals surface area contributed by atoms with Crippen LogP contribution < -0.4 is 23.8 Å². The molecule has 1 unspecified atom stereocenters. The van der Waals surface area contributed by atoms with Crippen LogP contribution in [0.2, 0.25) is 0 Å². The molecular weight excluding hydrogens is 845 g/mol. The number of nitrogens with one attached hydrogen (secondary N) is 1. The van der Waals surface area contributed by atoms with Crippen LogP contribution in [-0.4, -0.2) is 110 Å². The molecule has 0 radical (unpaired) electrons. The second-order valence-electron chi connectivity index (χ2n) is 14.5. The van der Waals surface area contributed by atoms with Crippen molar-refractivity contribution in [2.45, 2.75) is 56.3 Å². The Labute approximate surface area is 359 Å². The van der Waals surface area contributed by atoms with Gasteiger partial charge in [0.1, 0.15) is 28.2 Å². The number of hydrogen-bond donors (Lipinski definition) is 2. The predicted molar refractivity (Wildman–Crippen MR) is 225 cm³/mol. The lowest BCUT2D eigenvalue weighted by Crippen LogP contribution is -2.44. The number of carbonyl (C=O) groups excluding carboxylic acids is 2. The highest BCUT2D eigenvalue weighted by molar-refractivity contribution is 7.90. The van der Waals surface area contributed by atoms with E-state index >= 15 is 8.42 Å². The first kappa shape index (κ1) is 43.8. The number of anilines is 2. The Bertz CT molecular complexity index is 2550. The van der Waals surface area contributed by atoms with Crippen LogP contribution in [0.1, 0.15) is 42.4 Å². The minimum Gasteiger partial charge on any atom is -0.497 e. The fourth-order valence-electron chi connectivity index (χ4n) is 7.19. The molecule has 1 aromatic heterocycles. The molecule has 3 heterocycles. The van der Waals surface area contributed by atoms with Gasteiger partial charge in [0.05, 0.1) is 44.8 Å². The van der Waals surface area contributed by atoms with Crippen LogP contribution in [0.15, 0.2) is 89.8 Å². The zero-order valence-electron chi connectivity index (χ0n) is 34.2. The Kier molecular flexibility index (Phi) is 13.3. The van der Waals surface area contributed by atoms with Crippen LogP contribution >= 0.6 is 0 Å². The number of aliphatic hydroxyl groups is 1. The van der Waals surface area contributed by atoms with Crippen LogP contribution in [-0.2, 0) is 48.9 Å². The van der Waals surface area contributed by atoms with Crippen molar-refractivity contribution in [1.82, 2.24) is 29.4 Å². The molecule has 2 aliphatic rings. The molecule has 21 heteroatoms. The third-order valence-electron chi connectivity index (χ3n) is 10.4. The molecule has 1 atom stereocenters. The van der Waals surface area contributed by atoms with Gasteiger partial charge in [0.25, 0.3) is 5.91 Å². The van der Waals surface area contributed by atoms with Gasteiger partial charge in [0, 0.05) is 32.7 Å². The van der Waals surface area contributed by atoms with Crippen molar-refractivity contribution in [3.05, 3.63) is 102 Å². The largest absolute Gasteiger partial charge is 0.497 e. The summed E-state index contributed by atoms with van der Waals surface area (Å²) >= 11 is 0. The van der Waals surface area contributed by atoms with E-state index in [1.165, 1.54) is 42.0 Å². The first-order valence-electron chi connectivity index (χ1n) is 19.6. The second kappa shape index (κ2) is 18.8. The van der Waals surface area contributed by atoms with E-state index in [0.717, 1.165) is 15.9 Å². The Morgan fingerprint density at radius 1 is 0.774 bits per heavy atom. The van der Waals surface area contributed by atoms with Gasteiger partial charge in [-0.3, -0.25) is 4.79 Å². The standard InChI is InChI=1S/C41H46N8O11S2/c1-57-31-14-8-28(9-15-31)25-47(26-29-10-16-32(58-2)17-11-29)61(53,54)38-34(44-62(55,56)60-41(52)46-22-4-5-23-46)20-21-35(48-24-6-7-36(50)40(48)51)37(38)39-42-45-49(43-39)27-30-12-18-33(59-3)19-13-30/h8-21,36,44,50H,4-7,22-27H2,1-3H3. The normalized spacial score (nSPS) is 15.8. The smallest absolute Gasteiger partial charge is 0.426 e. The molecule has 2 fully saturated rings. The molecular formula is C41H46N8O11S2. The van der Waals surface area contributed by atoms with E-state index in [9.17, 15) is 23.1 Å². The van der Waals surface area contributed by atoms with Crippen molar-refractivity contribution in [2.75, 3.05) is 50.6 Å². The van der Waals surface area contributed by atoms with Gasteiger partial charge in [-0.2, -0.15) is 17.5 Å². The first-order valence-corrected chi connectivity index (χ1v) is 22.5. The average Bonchev–Trinajstić information content (AvgIpc) is 3.98. The highest BCUT2D eigenvalue weighted by Crippen LogP contribution is 2.43. The van der Waals surface area contributed by atoms with Gasteiger partial charge in [-0.05, 0) is 96.1 Å². The molecule has 2 N–H and O–H groups in total. The van der Waals surface area contributed by atoms with E-state index < -0.39 is 49.0 Å². The molecule has 2 amide bonds. The van der Waals surface area contributed by atoms with Crippen LogP contribution in [0.4, 0.5) is 16.2 Å². The molecule has 0 saturated carbocycles. The summed E-state index contributed by atoms with van der Waals surface area (Å²) in [4.78, 5) is 29.7. The summed E-state index contributed by atoms with van der Waals surface area (Å²) in [5.41, 5.74) is 0.948. The van der Waals surface area contributed by atoms with Gasteiger partial charge in [0.2, 0.25) is 15.8 Å². The van der Waals surface area contributed by atoms with Gasteiger partial charge in [-0.1, -0.05) is 36.4 Å². The van der Waals surface area contributed by atoms with Crippen LogP contribution in [0.3, 0.4) is 0 Å². The van der Waals surface area contributed by atoms with Crippen molar-refractivity contribution in [1.29, 1.82) is 0 Å². The minimum absolute atomic E-state index is 0.0397. The lowest BCUT2D eigenvalue weighted by atomic mass is 10.0. The molecule has 7 rings (SSSR count). The van der Waals surface area contributed by atoms with E-state index in [-0.39, 0.29) is 62.8 Å². The van der Waals surface area contributed by atoms with Crippen molar-refractivity contribution < 1.29 is 49.9 Å². The first-order chi connectivity index (χ1) is 29.8. The lowest BCUT2D eigenvalue weighted by molar-refractivity contribution is -0.128. The molecule has 328 valence electrons. The number of aromatic nitrogens is 4. The highest BCUT2D eigenvalue weighted by Gasteiger charge is 2.39. The van der Waals surface area contributed by atoms with Crippen molar-refractivity contribution in [2.24, 2.45) is 0 Å². The van der Waals surface area contributed by atoms with Crippen LogP contribution in [0, 0.1) is 0 Å². The number of rotatable bonds is 16. The predicted octanol–water partition coefficient (Wildman–Crippen LogP) is 4.18. The molecule has 2 aliphatic heterocycles. The Balaban J connectivity index is 1.43. The summed E-state index contributed by atoms with van der Waals surface area (Å²) < 4.78 is 83.1. The maximum atomic E-state index is 15.7. The average molecular weight is 891 g/mol. The van der Waals surface area contributed by atoms with Gasteiger partial charge in [-0.15, -0.1) is 10.2 Å². The summed E-state index contributed by atoms with van der Waals surface area (Å²) in [7, 11) is -5.45. The molecule has 62 heavy (non-hydrogen) atoms. The highest BCUT2D eigenvalue weighted by atomic mass is 32.2. The van der Waals surface area contributed by atoms with E-state index in [0.29, 0.717) is 47.6 Å². The number of benzene rings is 4. The molecule has 0 spiro atoms. The number of aliphatic hydroxyl groups excluding tert-OH is 1. The number of tetrazole rings is 1. The monoisotopic (exact) mass is 890 g/mol. The molecule has 2 saturated heterocycles. The Morgan fingerprint density at radius 2 is 1.32 bits per heavy atom. The number of methoxy groups -OCH3 is 3. The zero-order valence-corrected chi connectivity index (χ0v) is 35.8. The van der Waals surface area contributed by atoms with Gasteiger partial charge in [-0.25, -0.2) is 17.9 Å². The number of sulfonamides is 1. The molecule has 19 nitrogen and oxygen atoms in total. The van der Waals surface area contributed by atoms with Crippen molar-refractivity contribution in [3.8, 4) is 28.6 Å². The number of hydrogen-bond acceptors (Lipinski definition) is 14. The van der Waals surface area contributed by atoms with Gasteiger partial charge in [0.15, 0.2) is 0 Å². The van der Waals surface area contributed by atoms with Crippen LogP contribution in [0.25, 0.3) is 11.4 Å². The number of carbonyl (C=O) groups is 2. The lowest BCUT2D eigenvalue weighted by Gasteiger charge is -2.32. The maximum Gasteiger partial charge on any atom is 0.426 e. The third kappa shape index (κ3) is 9.91. The summed E-state index contributed by atoms with van der Waals surface area (Å²) in [5.74, 6) is 0.681. The molecule has 5 aromatic rings. The van der Waals surface area contributed by atoms with E-state index in [1.807, 2.05) is 0 Å². The SMILES string of the molecule is COc1ccc(CN(Cc2ccc(OC)cc2)S(=O)(=O)c2c(NS(=O)(=O)OC(=O)N3CCCC3)ccc(N3CCCC(O)C3=O)c2-c2nnn(Cc3ccc(OC)cc3)n2)cc1. The van der Waals surface area contributed by atoms with Gasteiger partial charge >= 0.3 is 16.4 Å². The number of ether oxygens (including phenoxy) is 3. The maximum absolute atomic E-state index is 15.7. The second-order valence-corrected chi connectivity index (χ2v) is 17.7. The van der Waals surface area contributed by atoms with E-state index in [2.05, 4.69) is 20.1 Å². The molecule has 0 bridgehead atoms. The van der Waals surface area contributed by atoms with E-state index in [4.69, 9.17) is 18.4 Å².